The summed E-state index contributed by atoms with van der Waals surface area (Å²) in [5, 5.41) is 0. The zero-order chi connectivity index (χ0) is 26.3. The summed E-state index contributed by atoms with van der Waals surface area (Å²) in [6, 6.07) is -0.307. The molecule has 0 bridgehead atoms. The van der Waals surface area contributed by atoms with Crippen LogP contribution in [0.3, 0.4) is 0 Å². The van der Waals surface area contributed by atoms with Crippen molar-refractivity contribution in [2.75, 3.05) is 13.2 Å². The molecule has 3 rings (SSSR count). The lowest BCUT2D eigenvalue weighted by atomic mass is 9.99. The molecule has 6 nitrogen and oxygen atoms in total. The van der Waals surface area contributed by atoms with E-state index < -0.39 is 77.7 Å². The highest BCUT2D eigenvalue weighted by atomic mass is 19.4. The summed E-state index contributed by atoms with van der Waals surface area (Å²) in [5.74, 6) is -1.35. The van der Waals surface area contributed by atoms with E-state index in [9.17, 15) is 49.1 Å². The van der Waals surface area contributed by atoms with Gasteiger partial charge in [0.05, 0.1) is 35.9 Å². The Morgan fingerprint density at radius 2 is 1.57 bits per heavy atom. The molecule has 0 aliphatic carbocycles. The number of aromatic nitrogens is 1. The van der Waals surface area contributed by atoms with E-state index in [4.69, 9.17) is 4.74 Å². The van der Waals surface area contributed by atoms with Crippen molar-refractivity contribution in [1.29, 1.82) is 0 Å². The summed E-state index contributed by atoms with van der Waals surface area (Å²) in [6.45, 7) is -0.301. The minimum atomic E-state index is -5.15. The van der Waals surface area contributed by atoms with Crippen molar-refractivity contribution in [2.45, 2.75) is 38.0 Å². The summed E-state index contributed by atoms with van der Waals surface area (Å²) < 4.78 is 129. The van der Waals surface area contributed by atoms with E-state index >= 15 is 0 Å². The number of nitrogens with zero attached hydrogens (tertiary/aromatic N) is 1. The quantitative estimate of drug-likeness (QED) is 0.393. The minimum Gasteiger partial charge on any atom is -0.461 e. The average molecular weight is 518 g/mol. The van der Waals surface area contributed by atoms with Crippen LogP contribution in [-0.2, 0) is 34.5 Å². The van der Waals surface area contributed by atoms with Gasteiger partial charge in [-0.2, -0.15) is 39.5 Å². The highest BCUT2D eigenvalue weighted by Crippen LogP contribution is 2.40. The molecule has 15 heteroatoms. The second-order valence-corrected chi connectivity index (χ2v) is 7.36. The van der Waals surface area contributed by atoms with Crippen LogP contribution in [0.2, 0.25) is 0 Å². The number of aromatic amines is 1. The molecule has 1 amide bonds. The maximum absolute atomic E-state index is 13.4. The molecular weight excluding hydrogens is 503 g/mol. The van der Waals surface area contributed by atoms with Crippen LogP contribution in [-0.4, -0.2) is 35.2 Å². The number of esters is 1. The molecule has 1 atom stereocenters. The summed E-state index contributed by atoms with van der Waals surface area (Å²) in [7, 11) is 0. The molecule has 1 aliphatic rings. The van der Waals surface area contributed by atoms with Crippen molar-refractivity contribution < 1.29 is 58.6 Å². The standard InChI is InChI=1S/C20H15F9N2O4/c1-2-34-16(32)15-13(20(27,28)29)6-12(30-15)7-31-14(8-35-17(31)33)9-3-10(18(21,22)23)5-11(4-9)19(24,25)26/h3-6,14,30H,2,7-8H2,1H3. The normalized spacial score (nSPS) is 17.0. The third-order valence-corrected chi connectivity index (χ3v) is 4.97. The van der Waals surface area contributed by atoms with E-state index in [2.05, 4.69) is 9.72 Å². The molecule has 1 fully saturated rings. The number of halogens is 9. The number of nitrogens with one attached hydrogen (secondary N) is 1. The van der Waals surface area contributed by atoms with Crippen LogP contribution in [0, 0.1) is 0 Å². The van der Waals surface area contributed by atoms with Gasteiger partial charge < -0.3 is 14.5 Å². The number of amides is 1. The molecular formula is C20H15F9N2O4. The Balaban J connectivity index is 2.02. The van der Waals surface area contributed by atoms with Crippen molar-refractivity contribution in [3.05, 3.63) is 57.9 Å². The SMILES string of the molecule is CCOC(=O)c1[nH]c(CN2C(=O)OCC2c2cc(C(F)(F)F)cc(C(F)(F)F)c2)cc1C(F)(F)F. The number of rotatable bonds is 5. The highest BCUT2D eigenvalue weighted by Gasteiger charge is 2.42. The van der Waals surface area contributed by atoms with Gasteiger partial charge in [0.15, 0.2) is 0 Å². The first-order valence-corrected chi connectivity index (χ1v) is 9.71. The number of hydrogen-bond donors (Lipinski definition) is 1. The topological polar surface area (TPSA) is 71.6 Å². The van der Waals surface area contributed by atoms with Crippen molar-refractivity contribution >= 4 is 12.1 Å². The number of H-pyrrole nitrogens is 1. The highest BCUT2D eigenvalue weighted by molar-refractivity contribution is 5.89. The molecule has 1 aromatic heterocycles. The number of carbonyl (C=O) groups is 2. The largest absolute Gasteiger partial charge is 0.461 e. The van der Waals surface area contributed by atoms with Crippen LogP contribution in [0.1, 0.15) is 51.4 Å². The third kappa shape index (κ3) is 5.65. The molecule has 1 aliphatic heterocycles. The summed E-state index contributed by atoms with van der Waals surface area (Å²) in [5.41, 5.74) is -6.64. The van der Waals surface area contributed by atoms with Crippen molar-refractivity contribution in [1.82, 2.24) is 9.88 Å². The predicted octanol–water partition coefficient (Wildman–Crippen LogP) is 5.94. The molecule has 1 N–H and O–H groups in total. The summed E-state index contributed by atoms with van der Waals surface area (Å²) in [4.78, 5) is 26.9. The van der Waals surface area contributed by atoms with Crippen molar-refractivity contribution in [2.24, 2.45) is 0 Å². The monoisotopic (exact) mass is 518 g/mol. The number of hydrogen-bond acceptors (Lipinski definition) is 4. The maximum atomic E-state index is 13.4. The fourth-order valence-electron chi connectivity index (χ4n) is 3.44. The number of carbonyl (C=O) groups excluding carboxylic acids is 2. The van der Waals surface area contributed by atoms with Crippen LogP contribution in [0.25, 0.3) is 0 Å². The Morgan fingerprint density at radius 1 is 1.00 bits per heavy atom. The lowest BCUT2D eigenvalue weighted by molar-refractivity contribution is -0.143. The number of benzene rings is 1. The number of ether oxygens (including phenoxy) is 2. The van der Waals surface area contributed by atoms with Gasteiger partial charge in [0.25, 0.3) is 0 Å². The Labute approximate surface area is 190 Å². The van der Waals surface area contributed by atoms with Gasteiger partial charge in [-0.05, 0) is 36.8 Å². The second-order valence-electron chi connectivity index (χ2n) is 7.36. The molecule has 1 aromatic carbocycles. The van der Waals surface area contributed by atoms with Gasteiger partial charge in [-0.25, -0.2) is 9.59 Å². The molecule has 192 valence electrons. The molecule has 1 saturated heterocycles. The Morgan fingerprint density at radius 3 is 2.06 bits per heavy atom. The zero-order valence-electron chi connectivity index (χ0n) is 17.5. The van der Waals surface area contributed by atoms with E-state index in [1.165, 1.54) is 6.92 Å². The molecule has 2 heterocycles. The van der Waals surface area contributed by atoms with Gasteiger partial charge in [-0.15, -0.1) is 0 Å². The van der Waals surface area contributed by atoms with E-state index in [-0.39, 0.29) is 18.4 Å². The number of cyclic esters (lactones) is 1. The van der Waals surface area contributed by atoms with Gasteiger partial charge in [-0.1, -0.05) is 0 Å². The fraction of sp³-hybridized carbons (Fsp3) is 0.400. The fourth-order valence-corrected chi connectivity index (χ4v) is 3.44. The van der Waals surface area contributed by atoms with Crippen LogP contribution >= 0.6 is 0 Å². The number of alkyl halides is 9. The van der Waals surface area contributed by atoms with Crippen molar-refractivity contribution in [3.63, 3.8) is 0 Å². The smallest absolute Gasteiger partial charge is 0.418 e. The first-order valence-electron chi connectivity index (χ1n) is 9.71. The molecule has 0 spiro atoms. The maximum Gasteiger partial charge on any atom is 0.418 e. The average Bonchev–Trinajstić information content (AvgIpc) is 3.31. The predicted molar refractivity (Wildman–Crippen MR) is 97.8 cm³/mol. The molecule has 2 aromatic rings. The summed E-state index contributed by atoms with van der Waals surface area (Å²) in [6.07, 6.45) is -16.5. The Bertz CT molecular complexity index is 1090. The van der Waals surface area contributed by atoms with Gasteiger partial charge in [0, 0.05) is 5.69 Å². The van der Waals surface area contributed by atoms with Gasteiger partial charge in [0.1, 0.15) is 12.3 Å². The van der Waals surface area contributed by atoms with Crippen LogP contribution in [0.15, 0.2) is 24.3 Å². The van der Waals surface area contributed by atoms with E-state index in [1.54, 1.807) is 0 Å². The van der Waals surface area contributed by atoms with Crippen LogP contribution in [0.5, 0.6) is 0 Å². The Hall–Kier alpha value is -3.39. The molecule has 35 heavy (non-hydrogen) atoms. The molecule has 0 saturated carbocycles. The van der Waals surface area contributed by atoms with Gasteiger partial charge >= 0.3 is 30.6 Å². The van der Waals surface area contributed by atoms with Crippen molar-refractivity contribution in [3.8, 4) is 0 Å². The van der Waals surface area contributed by atoms with E-state index in [1.807, 2.05) is 0 Å². The van der Waals surface area contributed by atoms with Gasteiger partial charge in [-0.3, -0.25) is 4.90 Å². The molecule has 0 radical (unpaired) electrons. The zero-order valence-corrected chi connectivity index (χ0v) is 17.5. The van der Waals surface area contributed by atoms with E-state index in [0.29, 0.717) is 23.1 Å². The minimum absolute atomic E-state index is 0.0995. The first kappa shape index (κ1) is 26.2. The lowest BCUT2D eigenvalue weighted by Crippen LogP contribution is -2.28. The lowest BCUT2D eigenvalue weighted by Gasteiger charge is -2.23. The summed E-state index contributed by atoms with van der Waals surface area (Å²) >= 11 is 0. The van der Waals surface area contributed by atoms with E-state index in [0.717, 1.165) is 0 Å². The Kier molecular flexibility index (Phi) is 6.74. The van der Waals surface area contributed by atoms with Gasteiger partial charge in [0.2, 0.25) is 0 Å². The van der Waals surface area contributed by atoms with Crippen LogP contribution in [0.4, 0.5) is 44.3 Å². The third-order valence-electron chi connectivity index (χ3n) is 4.97. The first-order chi connectivity index (χ1) is 16.0. The molecule has 1 unspecified atom stereocenters. The second kappa shape index (κ2) is 9.00. The van der Waals surface area contributed by atoms with Crippen LogP contribution < -0.4 is 0 Å².